The highest BCUT2D eigenvalue weighted by Crippen LogP contribution is 2.27. The largest absolute Gasteiger partial charge is 0.461 e. The number of rotatable bonds is 5. The molecule has 1 fully saturated rings. The first kappa shape index (κ1) is 14.7. The van der Waals surface area contributed by atoms with Gasteiger partial charge in [0.1, 0.15) is 5.70 Å². The van der Waals surface area contributed by atoms with Gasteiger partial charge >= 0.3 is 5.97 Å². The normalized spacial score (nSPS) is 26.4. The van der Waals surface area contributed by atoms with Crippen LogP contribution in [-0.2, 0) is 19.1 Å². The average Bonchev–Trinajstić information content (AvgIpc) is 2.35. The molecule has 1 N–H and O–H groups in total. The summed E-state index contributed by atoms with van der Waals surface area (Å²) >= 11 is 0. The minimum Gasteiger partial charge on any atom is -0.461 e. The molecule has 5 nitrogen and oxygen atoms in total. The SMILES string of the molecule is CCOC(=O)/C(NC=O)=C1\CC(C)O[C@H](CC)C1. The summed E-state index contributed by atoms with van der Waals surface area (Å²) in [5, 5.41) is 2.47. The van der Waals surface area contributed by atoms with Crippen LogP contribution < -0.4 is 5.32 Å². The Bertz CT molecular complexity index is 338. The summed E-state index contributed by atoms with van der Waals surface area (Å²) in [6.45, 7) is 6.03. The number of carbonyl (C=O) groups excluding carboxylic acids is 2. The molecule has 18 heavy (non-hydrogen) atoms. The zero-order valence-electron chi connectivity index (χ0n) is 11.2. The van der Waals surface area contributed by atoms with Crippen LogP contribution in [-0.4, -0.2) is 31.2 Å². The van der Waals surface area contributed by atoms with Crippen molar-refractivity contribution in [1.82, 2.24) is 5.32 Å². The monoisotopic (exact) mass is 255 g/mol. The fraction of sp³-hybridized carbons (Fsp3) is 0.692. The smallest absolute Gasteiger partial charge is 0.354 e. The van der Waals surface area contributed by atoms with E-state index in [2.05, 4.69) is 5.32 Å². The third-order valence-corrected chi connectivity index (χ3v) is 2.92. The molecular weight excluding hydrogens is 234 g/mol. The molecule has 1 unspecified atom stereocenters. The molecule has 0 aromatic heterocycles. The van der Waals surface area contributed by atoms with Crippen LogP contribution in [0.4, 0.5) is 0 Å². The second kappa shape index (κ2) is 7.16. The molecule has 1 aliphatic heterocycles. The lowest BCUT2D eigenvalue weighted by molar-refractivity contribution is -0.139. The van der Waals surface area contributed by atoms with Gasteiger partial charge in [-0.1, -0.05) is 6.92 Å². The Morgan fingerprint density at radius 1 is 1.50 bits per heavy atom. The average molecular weight is 255 g/mol. The third kappa shape index (κ3) is 3.84. The van der Waals surface area contributed by atoms with Gasteiger partial charge in [-0.05, 0) is 38.7 Å². The molecule has 5 heteroatoms. The van der Waals surface area contributed by atoms with Gasteiger partial charge in [-0.25, -0.2) is 4.79 Å². The molecular formula is C13H21NO4. The molecule has 0 saturated carbocycles. The minimum atomic E-state index is -0.469. The number of hydrogen-bond donors (Lipinski definition) is 1. The third-order valence-electron chi connectivity index (χ3n) is 2.92. The summed E-state index contributed by atoms with van der Waals surface area (Å²) in [7, 11) is 0. The van der Waals surface area contributed by atoms with E-state index in [9.17, 15) is 9.59 Å². The van der Waals surface area contributed by atoms with Crippen LogP contribution in [0, 0.1) is 0 Å². The van der Waals surface area contributed by atoms with E-state index in [-0.39, 0.29) is 17.9 Å². The first-order chi connectivity index (χ1) is 8.62. The minimum absolute atomic E-state index is 0.0524. The van der Waals surface area contributed by atoms with E-state index >= 15 is 0 Å². The first-order valence-electron chi connectivity index (χ1n) is 6.37. The second-order valence-corrected chi connectivity index (χ2v) is 4.35. The van der Waals surface area contributed by atoms with Gasteiger partial charge in [0.15, 0.2) is 0 Å². The molecule has 1 rings (SSSR count). The number of hydrogen-bond acceptors (Lipinski definition) is 4. The number of amides is 1. The van der Waals surface area contributed by atoms with E-state index in [1.807, 2.05) is 13.8 Å². The second-order valence-electron chi connectivity index (χ2n) is 4.35. The van der Waals surface area contributed by atoms with E-state index in [4.69, 9.17) is 9.47 Å². The quantitative estimate of drug-likeness (QED) is 0.459. The van der Waals surface area contributed by atoms with Crippen molar-refractivity contribution in [1.29, 1.82) is 0 Å². The van der Waals surface area contributed by atoms with Crippen molar-refractivity contribution >= 4 is 12.4 Å². The fourth-order valence-electron chi connectivity index (χ4n) is 2.14. The van der Waals surface area contributed by atoms with E-state index in [1.165, 1.54) is 0 Å². The molecule has 102 valence electrons. The fourth-order valence-corrected chi connectivity index (χ4v) is 2.14. The number of esters is 1. The molecule has 0 aromatic rings. The Morgan fingerprint density at radius 3 is 2.78 bits per heavy atom. The highest BCUT2D eigenvalue weighted by atomic mass is 16.5. The molecule has 0 aromatic carbocycles. The summed E-state index contributed by atoms with van der Waals surface area (Å²) in [4.78, 5) is 22.4. The summed E-state index contributed by atoms with van der Waals surface area (Å²) in [6, 6.07) is 0. The Hall–Kier alpha value is -1.36. The highest BCUT2D eigenvalue weighted by Gasteiger charge is 2.26. The predicted octanol–water partition coefficient (Wildman–Crippen LogP) is 1.53. The first-order valence-corrected chi connectivity index (χ1v) is 6.37. The van der Waals surface area contributed by atoms with Gasteiger partial charge in [-0.2, -0.15) is 0 Å². The molecule has 1 heterocycles. The molecule has 0 spiro atoms. The van der Waals surface area contributed by atoms with Crippen LogP contribution in [0.2, 0.25) is 0 Å². The van der Waals surface area contributed by atoms with E-state index in [0.717, 1.165) is 12.0 Å². The summed E-state index contributed by atoms with van der Waals surface area (Å²) in [6.07, 6.45) is 2.85. The van der Waals surface area contributed by atoms with Crippen molar-refractivity contribution < 1.29 is 19.1 Å². The maximum absolute atomic E-state index is 11.8. The summed E-state index contributed by atoms with van der Waals surface area (Å²) in [5.41, 5.74) is 1.19. The van der Waals surface area contributed by atoms with E-state index in [1.54, 1.807) is 6.92 Å². The van der Waals surface area contributed by atoms with Crippen LogP contribution >= 0.6 is 0 Å². The maximum atomic E-state index is 11.8. The Kier molecular flexibility index (Phi) is 5.85. The van der Waals surface area contributed by atoms with Crippen molar-refractivity contribution in [2.75, 3.05) is 6.61 Å². The number of carbonyl (C=O) groups is 2. The van der Waals surface area contributed by atoms with Crippen LogP contribution in [0.25, 0.3) is 0 Å². The van der Waals surface area contributed by atoms with Crippen molar-refractivity contribution in [3.05, 3.63) is 11.3 Å². The summed E-state index contributed by atoms with van der Waals surface area (Å²) < 4.78 is 10.7. The molecule has 1 aliphatic rings. The molecule has 0 radical (unpaired) electrons. The molecule has 0 bridgehead atoms. The van der Waals surface area contributed by atoms with Crippen molar-refractivity contribution in [2.45, 2.75) is 52.2 Å². The lowest BCUT2D eigenvalue weighted by Crippen LogP contribution is -2.31. The van der Waals surface area contributed by atoms with E-state index < -0.39 is 5.97 Å². The topological polar surface area (TPSA) is 64.6 Å². The van der Waals surface area contributed by atoms with Gasteiger partial charge in [-0.3, -0.25) is 4.79 Å². The number of ether oxygens (including phenoxy) is 2. The highest BCUT2D eigenvalue weighted by molar-refractivity contribution is 5.91. The maximum Gasteiger partial charge on any atom is 0.354 e. The number of nitrogens with one attached hydrogen (secondary N) is 1. The van der Waals surface area contributed by atoms with Crippen LogP contribution in [0.15, 0.2) is 11.3 Å². The lowest BCUT2D eigenvalue weighted by atomic mass is 9.95. The van der Waals surface area contributed by atoms with E-state index in [0.29, 0.717) is 25.9 Å². The van der Waals surface area contributed by atoms with Gasteiger partial charge < -0.3 is 14.8 Å². The molecule has 1 amide bonds. The molecule has 2 atom stereocenters. The van der Waals surface area contributed by atoms with Crippen LogP contribution in [0.3, 0.4) is 0 Å². The summed E-state index contributed by atoms with van der Waals surface area (Å²) in [5.74, 6) is -0.469. The zero-order chi connectivity index (χ0) is 13.5. The standard InChI is InChI=1S/C13H21NO4/c1-4-11-7-10(6-9(3)18-11)12(14-8-15)13(16)17-5-2/h8-9,11H,4-7H2,1-3H3,(H,14,15)/b12-10-/t9?,11-/m1/s1. The van der Waals surface area contributed by atoms with Gasteiger partial charge in [-0.15, -0.1) is 0 Å². The Balaban J connectivity index is 2.94. The Morgan fingerprint density at radius 2 is 2.22 bits per heavy atom. The van der Waals surface area contributed by atoms with Gasteiger partial charge in [0.2, 0.25) is 6.41 Å². The van der Waals surface area contributed by atoms with Crippen LogP contribution in [0.1, 0.15) is 40.0 Å². The Labute approximate surface area is 108 Å². The van der Waals surface area contributed by atoms with Gasteiger partial charge in [0, 0.05) is 0 Å². The van der Waals surface area contributed by atoms with Crippen molar-refractivity contribution in [3.63, 3.8) is 0 Å². The van der Waals surface area contributed by atoms with Crippen molar-refractivity contribution in [3.8, 4) is 0 Å². The van der Waals surface area contributed by atoms with Gasteiger partial charge in [0.25, 0.3) is 0 Å². The van der Waals surface area contributed by atoms with Crippen molar-refractivity contribution in [2.24, 2.45) is 0 Å². The van der Waals surface area contributed by atoms with Crippen LogP contribution in [0.5, 0.6) is 0 Å². The van der Waals surface area contributed by atoms with Gasteiger partial charge in [0.05, 0.1) is 18.8 Å². The molecule has 1 saturated heterocycles. The predicted molar refractivity (Wildman–Crippen MR) is 66.7 cm³/mol. The zero-order valence-corrected chi connectivity index (χ0v) is 11.2. The lowest BCUT2D eigenvalue weighted by Gasteiger charge is -2.30. The molecule has 0 aliphatic carbocycles.